The molecule has 2 heterocycles. The fourth-order valence-electron chi connectivity index (χ4n) is 6.28. The normalized spacial score (nSPS) is 22.1. The van der Waals surface area contributed by atoms with Crippen molar-refractivity contribution in [3.8, 4) is 5.75 Å². The third-order valence-electron chi connectivity index (χ3n) is 8.86. The molecule has 2 aliphatic heterocycles. The van der Waals surface area contributed by atoms with Crippen molar-refractivity contribution >= 4 is 11.8 Å². The standard InChI is InChI=1S/C30H38N2O4/c1-35-26-10-6-5-7-23(26)11-12-27(33)32-17-13-29(14-18-32)21-25(29)28(34)31-22-30(15-19-36-20-16-30)24-8-3-2-4-9-24/h2-10,25H,11-22H2,1H3,(H,31,34)/t25-/m1/s1. The Kier molecular flexibility index (Phi) is 7.33. The number of piperidine rings is 1. The number of nitrogens with one attached hydrogen (secondary N) is 1. The van der Waals surface area contributed by atoms with E-state index in [2.05, 4.69) is 29.6 Å². The number of nitrogens with zero attached hydrogens (tertiary/aromatic N) is 1. The molecule has 2 amide bonds. The maximum atomic E-state index is 13.2. The molecule has 0 bridgehead atoms. The first-order chi connectivity index (χ1) is 17.6. The highest BCUT2D eigenvalue weighted by Crippen LogP contribution is 2.59. The van der Waals surface area contributed by atoms with Gasteiger partial charge in [0.25, 0.3) is 0 Å². The second-order valence-electron chi connectivity index (χ2n) is 10.8. The monoisotopic (exact) mass is 490 g/mol. The zero-order chi connectivity index (χ0) is 25.0. The van der Waals surface area contributed by atoms with Gasteiger partial charge in [-0.2, -0.15) is 0 Å². The van der Waals surface area contributed by atoms with Crippen LogP contribution in [0.2, 0.25) is 0 Å². The molecular weight excluding hydrogens is 452 g/mol. The molecule has 1 saturated carbocycles. The Labute approximate surface area is 214 Å². The van der Waals surface area contributed by atoms with Gasteiger partial charge in [0.2, 0.25) is 11.8 Å². The highest BCUT2D eigenvalue weighted by atomic mass is 16.5. The van der Waals surface area contributed by atoms with Gasteiger partial charge >= 0.3 is 0 Å². The van der Waals surface area contributed by atoms with Gasteiger partial charge in [0.15, 0.2) is 0 Å². The van der Waals surface area contributed by atoms with Crippen molar-refractivity contribution in [3.05, 3.63) is 65.7 Å². The summed E-state index contributed by atoms with van der Waals surface area (Å²) >= 11 is 0. The highest BCUT2D eigenvalue weighted by molar-refractivity contribution is 5.83. The van der Waals surface area contributed by atoms with E-state index in [4.69, 9.17) is 9.47 Å². The van der Waals surface area contributed by atoms with Gasteiger partial charge in [-0.15, -0.1) is 0 Å². The van der Waals surface area contributed by atoms with Crippen LogP contribution in [0.3, 0.4) is 0 Å². The molecule has 5 rings (SSSR count). The fourth-order valence-corrected chi connectivity index (χ4v) is 6.28. The molecule has 0 aromatic heterocycles. The molecule has 36 heavy (non-hydrogen) atoms. The predicted octanol–water partition coefficient (Wildman–Crippen LogP) is 4.12. The SMILES string of the molecule is COc1ccccc1CCC(=O)N1CCC2(CC1)C[C@@H]2C(=O)NCC1(c2ccccc2)CCOCC1. The quantitative estimate of drug-likeness (QED) is 0.605. The van der Waals surface area contributed by atoms with Crippen LogP contribution in [0.25, 0.3) is 0 Å². The summed E-state index contributed by atoms with van der Waals surface area (Å²) in [6, 6.07) is 18.4. The summed E-state index contributed by atoms with van der Waals surface area (Å²) < 4.78 is 11.0. The number of likely N-dealkylation sites (tertiary alicyclic amines) is 1. The van der Waals surface area contributed by atoms with Crippen molar-refractivity contribution in [1.82, 2.24) is 10.2 Å². The number of ether oxygens (including phenoxy) is 2. The lowest BCUT2D eigenvalue weighted by atomic mass is 9.74. The minimum Gasteiger partial charge on any atom is -0.496 e. The summed E-state index contributed by atoms with van der Waals surface area (Å²) in [6.45, 7) is 3.64. The van der Waals surface area contributed by atoms with Gasteiger partial charge in [-0.3, -0.25) is 9.59 Å². The summed E-state index contributed by atoms with van der Waals surface area (Å²) in [5, 5.41) is 3.32. The van der Waals surface area contributed by atoms with Crippen LogP contribution in [0.1, 0.15) is 49.7 Å². The van der Waals surface area contributed by atoms with E-state index in [0.29, 0.717) is 19.4 Å². The molecule has 192 valence electrons. The smallest absolute Gasteiger partial charge is 0.223 e. The molecule has 1 N–H and O–H groups in total. The number of aryl methyl sites for hydroxylation is 1. The van der Waals surface area contributed by atoms with Crippen LogP contribution in [0.5, 0.6) is 5.75 Å². The summed E-state index contributed by atoms with van der Waals surface area (Å²) in [4.78, 5) is 28.0. The van der Waals surface area contributed by atoms with E-state index >= 15 is 0 Å². The van der Waals surface area contributed by atoms with E-state index in [1.165, 1.54) is 5.56 Å². The van der Waals surface area contributed by atoms with E-state index < -0.39 is 0 Å². The first-order valence-electron chi connectivity index (χ1n) is 13.4. The van der Waals surface area contributed by atoms with Gasteiger partial charge in [0, 0.05) is 50.6 Å². The van der Waals surface area contributed by atoms with Crippen molar-refractivity contribution in [2.75, 3.05) is 40.0 Å². The number of benzene rings is 2. The molecule has 6 heteroatoms. The average Bonchev–Trinajstić information content (AvgIpc) is 3.64. The summed E-state index contributed by atoms with van der Waals surface area (Å²) in [5.74, 6) is 1.30. The average molecular weight is 491 g/mol. The van der Waals surface area contributed by atoms with Crippen molar-refractivity contribution in [2.24, 2.45) is 11.3 Å². The van der Waals surface area contributed by atoms with Crippen molar-refractivity contribution in [2.45, 2.75) is 50.4 Å². The van der Waals surface area contributed by atoms with Gasteiger partial charge < -0.3 is 19.7 Å². The Morgan fingerprint density at radius 2 is 1.69 bits per heavy atom. The predicted molar refractivity (Wildman–Crippen MR) is 139 cm³/mol. The minimum atomic E-state index is -0.0472. The summed E-state index contributed by atoms with van der Waals surface area (Å²) in [7, 11) is 1.66. The Morgan fingerprint density at radius 3 is 2.42 bits per heavy atom. The van der Waals surface area contributed by atoms with Crippen LogP contribution in [-0.4, -0.2) is 56.7 Å². The molecule has 2 aromatic rings. The van der Waals surface area contributed by atoms with E-state index in [1.54, 1.807) is 7.11 Å². The molecule has 3 fully saturated rings. The maximum absolute atomic E-state index is 13.2. The van der Waals surface area contributed by atoms with Crippen molar-refractivity contribution < 1.29 is 19.1 Å². The second-order valence-corrected chi connectivity index (χ2v) is 10.8. The number of hydrogen-bond acceptors (Lipinski definition) is 4. The van der Waals surface area contributed by atoms with E-state index in [-0.39, 0.29) is 28.6 Å². The third-order valence-corrected chi connectivity index (χ3v) is 8.86. The number of carbonyl (C=O) groups is 2. The molecule has 1 aliphatic carbocycles. The Morgan fingerprint density at radius 1 is 1.00 bits per heavy atom. The van der Waals surface area contributed by atoms with E-state index in [9.17, 15) is 9.59 Å². The Balaban J connectivity index is 1.11. The topological polar surface area (TPSA) is 67.9 Å². The number of methoxy groups -OCH3 is 1. The molecule has 2 aromatic carbocycles. The lowest BCUT2D eigenvalue weighted by Crippen LogP contribution is -2.46. The molecule has 1 atom stereocenters. The van der Waals surface area contributed by atoms with Gasteiger partial charge in [-0.25, -0.2) is 0 Å². The fraction of sp³-hybridized carbons (Fsp3) is 0.533. The van der Waals surface area contributed by atoms with Crippen LogP contribution in [0.4, 0.5) is 0 Å². The lowest BCUT2D eigenvalue weighted by Gasteiger charge is -2.38. The molecular formula is C30H38N2O4. The summed E-state index contributed by atoms with van der Waals surface area (Å²) in [6.07, 6.45) is 5.82. The van der Waals surface area contributed by atoms with Gasteiger partial charge in [-0.1, -0.05) is 48.5 Å². The van der Waals surface area contributed by atoms with Gasteiger partial charge in [0.1, 0.15) is 5.75 Å². The minimum absolute atomic E-state index is 0.0472. The van der Waals surface area contributed by atoms with Crippen LogP contribution in [0.15, 0.2) is 54.6 Å². The van der Waals surface area contributed by atoms with Crippen molar-refractivity contribution in [3.63, 3.8) is 0 Å². The van der Waals surface area contributed by atoms with E-state index in [1.807, 2.05) is 35.2 Å². The maximum Gasteiger partial charge on any atom is 0.223 e. The van der Waals surface area contributed by atoms with Gasteiger partial charge in [-0.05, 0) is 61.1 Å². The van der Waals surface area contributed by atoms with Crippen LogP contribution >= 0.6 is 0 Å². The molecule has 0 unspecified atom stereocenters. The van der Waals surface area contributed by atoms with Gasteiger partial charge in [0.05, 0.1) is 7.11 Å². The zero-order valence-electron chi connectivity index (χ0n) is 21.3. The van der Waals surface area contributed by atoms with E-state index in [0.717, 1.165) is 69.7 Å². The molecule has 2 saturated heterocycles. The zero-order valence-corrected chi connectivity index (χ0v) is 21.3. The first-order valence-corrected chi connectivity index (χ1v) is 13.4. The van der Waals surface area contributed by atoms with Crippen LogP contribution < -0.4 is 10.1 Å². The molecule has 1 spiro atoms. The Hall–Kier alpha value is -2.86. The molecule has 3 aliphatic rings. The van der Waals surface area contributed by atoms with Crippen LogP contribution in [0, 0.1) is 11.3 Å². The highest BCUT2D eigenvalue weighted by Gasteiger charge is 2.58. The largest absolute Gasteiger partial charge is 0.496 e. The number of rotatable bonds is 8. The molecule has 6 nitrogen and oxygen atoms in total. The number of amides is 2. The summed E-state index contributed by atoms with van der Waals surface area (Å²) in [5.41, 5.74) is 2.39. The first kappa shape index (κ1) is 24.8. The van der Waals surface area contributed by atoms with Crippen molar-refractivity contribution in [1.29, 1.82) is 0 Å². The number of para-hydroxylation sites is 1. The molecule has 0 radical (unpaired) electrons. The second kappa shape index (κ2) is 10.6. The Bertz CT molecular complexity index is 1060. The number of hydrogen-bond donors (Lipinski definition) is 1. The van der Waals surface area contributed by atoms with Crippen LogP contribution in [-0.2, 0) is 26.2 Å². The lowest BCUT2D eigenvalue weighted by molar-refractivity contribution is -0.132. The number of carbonyl (C=O) groups excluding carboxylic acids is 2. The third kappa shape index (κ3) is 5.15.